The summed E-state index contributed by atoms with van der Waals surface area (Å²) in [5.41, 5.74) is 3.24. The van der Waals surface area contributed by atoms with Gasteiger partial charge in [0.25, 0.3) is 5.91 Å². The van der Waals surface area contributed by atoms with Crippen molar-refractivity contribution in [3.63, 3.8) is 0 Å². The van der Waals surface area contributed by atoms with E-state index in [1.165, 1.54) is 23.5 Å². The van der Waals surface area contributed by atoms with Crippen LogP contribution in [0.1, 0.15) is 27.0 Å². The second-order valence-electron chi connectivity index (χ2n) is 8.33. The molecular formula is C26H29N3O5S. The van der Waals surface area contributed by atoms with Crippen LogP contribution < -0.4 is 4.74 Å². The molecule has 0 spiro atoms. The van der Waals surface area contributed by atoms with Gasteiger partial charge in [-0.1, -0.05) is 30.3 Å². The number of amides is 1. The second-order valence-corrected chi connectivity index (χ2v) is 10.2. The summed E-state index contributed by atoms with van der Waals surface area (Å²) in [6.07, 6.45) is 3.41. The molecule has 4 rings (SSSR count). The minimum absolute atomic E-state index is 0.0232. The number of carbonyl (C=O) groups is 1. The van der Waals surface area contributed by atoms with Crippen LogP contribution in [-0.2, 0) is 27.8 Å². The quantitative estimate of drug-likeness (QED) is 0.477. The van der Waals surface area contributed by atoms with Gasteiger partial charge in [0.2, 0.25) is 10.0 Å². The zero-order valence-corrected chi connectivity index (χ0v) is 20.7. The van der Waals surface area contributed by atoms with E-state index in [0.29, 0.717) is 26.3 Å². The van der Waals surface area contributed by atoms with E-state index in [1.54, 1.807) is 23.4 Å². The standard InChI is InChI=1S/C26H29N3O5S/c1-20-6-3-4-8-23(20)19-28(18-21-7-5-11-27-17-21)26(30)22-9-10-24(33-2)25(16-22)35(31,32)29-12-14-34-15-13-29/h3-11,16-17H,12-15,18-19H2,1-2H3. The number of rotatable bonds is 8. The lowest BCUT2D eigenvalue weighted by Crippen LogP contribution is -2.40. The number of carbonyl (C=O) groups excluding carboxylic acids is 1. The van der Waals surface area contributed by atoms with Gasteiger partial charge in [-0.05, 0) is 47.9 Å². The van der Waals surface area contributed by atoms with E-state index in [-0.39, 0.29) is 35.2 Å². The molecule has 1 aliphatic rings. The Labute approximate surface area is 206 Å². The number of pyridine rings is 1. The molecule has 0 bridgehead atoms. The molecule has 1 amide bonds. The summed E-state index contributed by atoms with van der Waals surface area (Å²) >= 11 is 0. The van der Waals surface area contributed by atoms with Crippen molar-refractivity contribution in [2.24, 2.45) is 0 Å². The number of ether oxygens (including phenoxy) is 2. The Hall–Kier alpha value is -3.27. The molecule has 1 saturated heterocycles. The number of methoxy groups -OCH3 is 1. The molecule has 1 aliphatic heterocycles. The van der Waals surface area contributed by atoms with Gasteiger partial charge < -0.3 is 14.4 Å². The van der Waals surface area contributed by atoms with E-state index in [2.05, 4.69) is 4.98 Å². The highest BCUT2D eigenvalue weighted by atomic mass is 32.2. The Morgan fingerprint density at radius 1 is 1.09 bits per heavy atom. The highest BCUT2D eigenvalue weighted by Crippen LogP contribution is 2.29. The zero-order chi connectivity index (χ0) is 24.8. The maximum atomic E-state index is 13.8. The van der Waals surface area contributed by atoms with Crippen molar-refractivity contribution in [3.8, 4) is 5.75 Å². The van der Waals surface area contributed by atoms with Crippen molar-refractivity contribution >= 4 is 15.9 Å². The van der Waals surface area contributed by atoms with Crippen LogP contribution in [0.15, 0.2) is 71.9 Å². The van der Waals surface area contributed by atoms with Crippen LogP contribution in [0, 0.1) is 6.92 Å². The number of aromatic nitrogens is 1. The van der Waals surface area contributed by atoms with Crippen molar-refractivity contribution in [1.29, 1.82) is 0 Å². The van der Waals surface area contributed by atoms with Crippen LogP contribution in [0.25, 0.3) is 0 Å². The Kier molecular flexibility index (Phi) is 7.80. The summed E-state index contributed by atoms with van der Waals surface area (Å²) in [7, 11) is -2.44. The van der Waals surface area contributed by atoms with Gasteiger partial charge in [0.15, 0.2) is 0 Å². The third kappa shape index (κ3) is 5.70. The highest BCUT2D eigenvalue weighted by Gasteiger charge is 2.30. The maximum Gasteiger partial charge on any atom is 0.254 e. The molecule has 35 heavy (non-hydrogen) atoms. The molecule has 0 unspecified atom stereocenters. The summed E-state index contributed by atoms with van der Waals surface area (Å²) in [4.78, 5) is 19.6. The Balaban J connectivity index is 1.70. The van der Waals surface area contributed by atoms with Gasteiger partial charge in [-0.3, -0.25) is 9.78 Å². The smallest absolute Gasteiger partial charge is 0.254 e. The fourth-order valence-corrected chi connectivity index (χ4v) is 5.61. The number of sulfonamides is 1. The predicted molar refractivity (Wildman–Crippen MR) is 132 cm³/mol. The Morgan fingerprint density at radius 3 is 2.54 bits per heavy atom. The maximum absolute atomic E-state index is 13.8. The fraction of sp³-hybridized carbons (Fsp3) is 0.308. The molecule has 2 aromatic carbocycles. The first-order chi connectivity index (χ1) is 16.9. The van der Waals surface area contributed by atoms with E-state index in [4.69, 9.17) is 9.47 Å². The lowest BCUT2D eigenvalue weighted by Gasteiger charge is -2.27. The number of morpholine rings is 1. The minimum atomic E-state index is -3.86. The van der Waals surface area contributed by atoms with Crippen LogP contribution in [0.5, 0.6) is 5.75 Å². The average molecular weight is 496 g/mol. The van der Waals surface area contributed by atoms with Gasteiger partial charge in [0.1, 0.15) is 10.6 Å². The normalized spacial score (nSPS) is 14.5. The molecule has 0 N–H and O–H groups in total. The molecule has 184 valence electrons. The number of benzene rings is 2. The molecular weight excluding hydrogens is 466 g/mol. The average Bonchev–Trinajstić information content (AvgIpc) is 2.90. The first-order valence-electron chi connectivity index (χ1n) is 11.4. The van der Waals surface area contributed by atoms with E-state index >= 15 is 0 Å². The minimum Gasteiger partial charge on any atom is -0.495 e. The summed E-state index contributed by atoms with van der Waals surface area (Å²) in [5, 5.41) is 0. The summed E-state index contributed by atoms with van der Waals surface area (Å²) in [5.74, 6) is -0.0797. The fourth-order valence-electron chi connectivity index (χ4n) is 4.02. The van der Waals surface area contributed by atoms with Crippen LogP contribution >= 0.6 is 0 Å². The van der Waals surface area contributed by atoms with Crippen LogP contribution in [0.2, 0.25) is 0 Å². The van der Waals surface area contributed by atoms with E-state index in [9.17, 15) is 13.2 Å². The first kappa shape index (κ1) is 24.8. The predicted octanol–water partition coefficient (Wildman–Crippen LogP) is 3.26. The number of nitrogens with zero attached hydrogens (tertiary/aromatic N) is 3. The highest BCUT2D eigenvalue weighted by molar-refractivity contribution is 7.89. The molecule has 0 saturated carbocycles. The summed E-state index contributed by atoms with van der Waals surface area (Å²) in [6.45, 7) is 3.87. The van der Waals surface area contributed by atoms with E-state index in [1.807, 2.05) is 43.3 Å². The molecule has 0 atom stereocenters. The van der Waals surface area contributed by atoms with Crippen molar-refractivity contribution in [1.82, 2.24) is 14.2 Å². The van der Waals surface area contributed by atoms with Crippen molar-refractivity contribution in [3.05, 3.63) is 89.2 Å². The van der Waals surface area contributed by atoms with Crippen molar-refractivity contribution in [2.45, 2.75) is 24.9 Å². The summed E-state index contributed by atoms with van der Waals surface area (Å²) in [6, 6.07) is 16.2. The molecule has 3 aromatic rings. The van der Waals surface area contributed by atoms with Gasteiger partial charge in [0, 0.05) is 44.1 Å². The summed E-state index contributed by atoms with van der Waals surface area (Å²) < 4.78 is 38.8. The van der Waals surface area contributed by atoms with Crippen LogP contribution in [-0.4, -0.2) is 61.9 Å². The van der Waals surface area contributed by atoms with Crippen molar-refractivity contribution < 1.29 is 22.7 Å². The third-order valence-corrected chi connectivity index (χ3v) is 7.92. The van der Waals surface area contributed by atoms with Crippen LogP contribution in [0.4, 0.5) is 0 Å². The van der Waals surface area contributed by atoms with Gasteiger partial charge >= 0.3 is 0 Å². The molecule has 0 radical (unpaired) electrons. The Bertz CT molecular complexity index is 1280. The van der Waals surface area contributed by atoms with E-state index in [0.717, 1.165) is 16.7 Å². The van der Waals surface area contributed by atoms with E-state index < -0.39 is 10.0 Å². The monoisotopic (exact) mass is 495 g/mol. The third-order valence-electron chi connectivity index (χ3n) is 6.00. The number of aryl methyl sites for hydroxylation is 1. The topological polar surface area (TPSA) is 89.0 Å². The molecule has 0 aliphatic carbocycles. The van der Waals surface area contributed by atoms with Gasteiger partial charge in [0.05, 0.1) is 20.3 Å². The lowest BCUT2D eigenvalue weighted by molar-refractivity contribution is 0.0724. The lowest BCUT2D eigenvalue weighted by atomic mass is 10.1. The van der Waals surface area contributed by atoms with Crippen molar-refractivity contribution in [2.75, 3.05) is 33.4 Å². The molecule has 2 heterocycles. The number of hydrogen-bond donors (Lipinski definition) is 0. The van der Waals surface area contributed by atoms with Crippen LogP contribution in [0.3, 0.4) is 0 Å². The second kappa shape index (κ2) is 11.0. The van der Waals surface area contributed by atoms with Gasteiger partial charge in [-0.15, -0.1) is 0 Å². The molecule has 8 nitrogen and oxygen atoms in total. The molecule has 9 heteroatoms. The Morgan fingerprint density at radius 2 is 1.86 bits per heavy atom. The number of hydrogen-bond acceptors (Lipinski definition) is 6. The largest absolute Gasteiger partial charge is 0.495 e. The molecule has 1 fully saturated rings. The van der Waals surface area contributed by atoms with Gasteiger partial charge in [-0.25, -0.2) is 8.42 Å². The zero-order valence-electron chi connectivity index (χ0n) is 19.9. The SMILES string of the molecule is COc1ccc(C(=O)N(Cc2cccnc2)Cc2ccccc2C)cc1S(=O)(=O)N1CCOCC1. The van der Waals surface area contributed by atoms with Gasteiger partial charge in [-0.2, -0.15) is 4.31 Å². The molecule has 1 aromatic heterocycles. The first-order valence-corrected chi connectivity index (χ1v) is 12.8.